The van der Waals surface area contributed by atoms with E-state index in [4.69, 9.17) is 22.1 Å². The molecule has 180 valence electrons. The van der Waals surface area contributed by atoms with E-state index in [1.165, 1.54) is 19.4 Å². The van der Waals surface area contributed by atoms with Crippen LogP contribution >= 0.6 is 11.6 Å². The standard InChI is InChI=1S/C24H24ClN7O3/c1-5-21(33)31-11-15(9-16(31)12-35-4)32-24(27-3)22(23(26)34)18(30-32)7-6-14-8-19-20(10-17(14)25)29-13(2)28-19/h5,8,10,12,15,27H,1,9,11H2,2-4H3,(H2,26,34)(H,28,29)/b16-12+/t15-/m0/s1. The number of benzene rings is 1. The van der Waals surface area contributed by atoms with Crippen LogP contribution in [-0.4, -0.2) is 57.2 Å². The Labute approximate surface area is 206 Å². The number of hydrogen-bond donors (Lipinski definition) is 3. The zero-order valence-electron chi connectivity index (χ0n) is 19.5. The van der Waals surface area contributed by atoms with Crippen LogP contribution in [0.3, 0.4) is 0 Å². The number of carbonyl (C=O) groups excluding carboxylic acids is 2. The summed E-state index contributed by atoms with van der Waals surface area (Å²) >= 11 is 6.40. The van der Waals surface area contributed by atoms with Crippen molar-refractivity contribution < 1.29 is 14.3 Å². The molecule has 0 radical (unpaired) electrons. The number of likely N-dealkylation sites (tertiary alicyclic amines) is 1. The molecule has 0 saturated carbocycles. The molecule has 2 amide bonds. The molecule has 0 unspecified atom stereocenters. The minimum atomic E-state index is -0.680. The number of allylic oxidation sites excluding steroid dienone is 1. The highest BCUT2D eigenvalue weighted by molar-refractivity contribution is 6.32. The van der Waals surface area contributed by atoms with Crippen molar-refractivity contribution in [1.82, 2.24) is 24.6 Å². The summed E-state index contributed by atoms with van der Waals surface area (Å²) in [7, 11) is 3.17. The Kier molecular flexibility index (Phi) is 6.53. The number of halogens is 1. The number of amides is 2. The van der Waals surface area contributed by atoms with Gasteiger partial charge in [0, 0.05) is 25.6 Å². The van der Waals surface area contributed by atoms with Crippen molar-refractivity contribution in [3.8, 4) is 11.8 Å². The molecule has 1 aliphatic rings. The van der Waals surface area contributed by atoms with Gasteiger partial charge in [0.25, 0.3) is 5.91 Å². The number of H-pyrrole nitrogens is 1. The molecule has 2 aromatic heterocycles. The summed E-state index contributed by atoms with van der Waals surface area (Å²) in [6, 6.07) is 3.23. The quantitative estimate of drug-likeness (QED) is 0.284. The lowest BCUT2D eigenvalue weighted by Gasteiger charge is -2.16. The Bertz CT molecular complexity index is 1440. The van der Waals surface area contributed by atoms with Crippen molar-refractivity contribution in [2.75, 3.05) is 26.0 Å². The number of rotatable bonds is 5. The Morgan fingerprint density at radius 2 is 2.17 bits per heavy atom. The van der Waals surface area contributed by atoms with E-state index < -0.39 is 5.91 Å². The number of fused-ring (bicyclic) bond motifs is 1. The van der Waals surface area contributed by atoms with Crippen molar-refractivity contribution >= 4 is 40.3 Å². The van der Waals surface area contributed by atoms with E-state index in [-0.39, 0.29) is 23.2 Å². The average Bonchev–Trinajstić information content (AvgIpc) is 3.50. The van der Waals surface area contributed by atoms with Gasteiger partial charge in [-0.15, -0.1) is 0 Å². The second-order valence-electron chi connectivity index (χ2n) is 7.91. The average molecular weight is 494 g/mol. The third-order valence-electron chi connectivity index (χ3n) is 5.62. The van der Waals surface area contributed by atoms with Crippen LogP contribution in [0.4, 0.5) is 5.82 Å². The Balaban J connectivity index is 1.77. The fraction of sp³-hybridized carbons (Fsp3) is 0.250. The van der Waals surface area contributed by atoms with Gasteiger partial charge in [0.2, 0.25) is 5.91 Å². The van der Waals surface area contributed by atoms with Crippen LogP contribution in [0, 0.1) is 18.8 Å². The van der Waals surface area contributed by atoms with E-state index in [0.717, 1.165) is 16.9 Å². The maximum absolute atomic E-state index is 12.4. The van der Waals surface area contributed by atoms with Crippen molar-refractivity contribution in [3.63, 3.8) is 0 Å². The molecule has 35 heavy (non-hydrogen) atoms. The summed E-state index contributed by atoms with van der Waals surface area (Å²) in [5.74, 6) is 6.17. The molecule has 0 spiro atoms. The highest BCUT2D eigenvalue weighted by atomic mass is 35.5. The van der Waals surface area contributed by atoms with Gasteiger partial charge in [-0.05, 0) is 31.1 Å². The van der Waals surface area contributed by atoms with E-state index in [1.54, 1.807) is 28.8 Å². The molecule has 4 N–H and O–H groups in total. The molecular weight excluding hydrogens is 470 g/mol. The first-order chi connectivity index (χ1) is 16.8. The number of hydrogen-bond acceptors (Lipinski definition) is 6. The maximum atomic E-state index is 12.4. The zero-order valence-corrected chi connectivity index (χ0v) is 20.2. The minimum absolute atomic E-state index is 0.153. The fourth-order valence-electron chi connectivity index (χ4n) is 4.14. The van der Waals surface area contributed by atoms with Gasteiger partial charge in [0.05, 0.1) is 34.9 Å². The molecule has 1 atom stereocenters. The summed E-state index contributed by atoms with van der Waals surface area (Å²) in [6.45, 7) is 5.72. The molecule has 0 aliphatic carbocycles. The minimum Gasteiger partial charge on any atom is -0.503 e. The van der Waals surface area contributed by atoms with Gasteiger partial charge in [0.15, 0.2) is 5.69 Å². The smallest absolute Gasteiger partial charge is 0.255 e. The second kappa shape index (κ2) is 9.56. The van der Waals surface area contributed by atoms with Crippen molar-refractivity contribution in [3.05, 3.63) is 64.4 Å². The molecule has 1 aliphatic heterocycles. The number of carbonyl (C=O) groups is 2. The van der Waals surface area contributed by atoms with Crippen LogP contribution in [0.25, 0.3) is 11.0 Å². The first kappa shape index (κ1) is 23.9. The number of imidazole rings is 1. The topological polar surface area (TPSA) is 131 Å². The molecule has 3 aromatic rings. The van der Waals surface area contributed by atoms with Gasteiger partial charge >= 0.3 is 0 Å². The molecule has 1 fully saturated rings. The highest BCUT2D eigenvalue weighted by Crippen LogP contribution is 2.34. The van der Waals surface area contributed by atoms with Crippen molar-refractivity contribution in [2.24, 2.45) is 5.73 Å². The van der Waals surface area contributed by atoms with Crippen LogP contribution in [0.5, 0.6) is 0 Å². The number of ether oxygens (including phenoxy) is 1. The molecule has 3 heterocycles. The molecule has 11 heteroatoms. The monoisotopic (exact) mass is 493 g/mol. The van der Waals surface area contributed by atoms with Gasteiger partial charge in [-0.3, -0.25) is 9.59 Å². The van der Waals surface area contributed by atoms with Crippen LogP contribution < -0.4 is 11.1 Å². The van der Waals surface area contributed by atoms with Crippen LogP contribution in [0.1, 0.15) is 39.9 Å². The fourth-order valence-corrected chi connectivity index (χ4v) is 4.34. The summed E-state index contributed by atoms with van der Waals surface area (Å²) in [4.78, 5) is 33.8. The lowest BCUT2D eigenvalue weighted by atomic mass is 10.1. The van der Waals surface area contributed by atoms with Gasteiger partial charge < -0.3 is 25.7 Å². The normalized spacial score (nSPS) is 16.3. The van der Waals surface area contributed by atoms with Crippen LogP contribution in [-0.2, 0) is 9.53 Å². The van der Waals surface area contributed by atoms with Gasteiger partial charge in [-0.25, -0.2) is 9.67 Å². The molecule has 1 aromatic carbocycles. The van der Waals surface area contributed by atoms with E-state index in [0.29, 0.717) is 35.1 Å². The third kappa shape index (κ3) is 4.46. The number of aromatic nitrogens is 4. The van der Waals surface area contributed by atoms with Crippen LogP contribution in [0.15, 0.2) is 36.7 Å². The van der Waals surface area contributed by atoms with E-state index in [2.05, 4.69) is 38.8 Å². The number of nitrogens with one attached hydrogen (secondary N) is 2. The zero-order chi connectivity index (χ0) is 25.3. The molecular formula is C24H24ClN7O3. The SMILES string of the molecule is C=CC(=O)N1C[C@@H](n2nc(C#Cc3cc4[nH]c(C)nc4cc3Cl)c(C(N)=O)c2NC)C/C1=C\OC. The number of aryl methyl sites for hydroxylation is 1. The Morgan fingerprint density at radius 3 is 2.83 bits per heavy atom. The van der Waals surface area contributed by atoms with Crippen LogP contribution in [0.2, 0.25) is 5.02 Å². The summed E-state index contributed by atoms with van der Waals surface area (Å²) in [5, 5.41) is 8.02. The largest absolute Gasteiger partial charge is 0.503 e. The number of methoxy groups -OCH3 is 1. The van der Waals surface area contributed by atoms with Gasteiger partial charge in [-0.2, -0.15) is 5.10 Å². The van der Waals surface area contributed by atoms with E-state index in [1.807, 2.05) is 6.92 Å². The second-order valence-corrected chi connectivity index (χ2v) is 8.32. The number of aromatic amines is 1. The number of primary amides is 1. The Hall–Kier alpha value is -4.23. The van der Waals surface area contributed by atoms with Gasteiger partial charge in [-0.1, -0.05) is 24.1 Å². The maximum Gasteiger partial charge on any atom is 0.255 e. The third-order valence-corrected chi connectivity index (χ3v) is 5.94. The summed E-state index contributed by atoms with van der Waals surface area (Å²) in [5.41, 5.74) is 8.80. The predicted molar refractivity (Wildman–Crippen MR) is 133 cm³/mol. The molecule has 0 bridgehead atoms. The Morgan fingerprint density at radius 1 is 1.40 bits per heavy atom. The molecule has 10 nitrogen and oxygen atoms in total. The van der Waals surface area contributed by atoms with E-state index in [9.17, 15) is 9.59 Å². The highest BCUT2D eigenvalue weighted by Gasteiger charge is 2.35. The number of anilines is 1. The van der Waals surface area contributed by atoms with Crippen molar-refractivity contribution in [2.45, 2.75) is 19.4 Å². The number of nitrogens with zero attached hydrogens (tertiary/aromatic N) is 4. The van der Waals surface area contributed by atoms with E-state index >= 15 is 0 Å². The number of nitrogens with two attached hydrogens (primary N) is 1. The predicted octanol–water partition coefficient (Wildman–Crippen LogP) is 2.71. The lowest BCUT2D eigenvalue weighted by Crippen LogP contribution is -2.27. The lowest BCUT2D eigenvalue weighted by molar-refractivity contribution is -0.123. The van der Waals surface area contributed by atoms with Crippen molar-refractivity contribution in [1.29, 1.82) is 0 Å². The first-order valence-electron chi connectivity index (χ1n) is 10.7. The summed E-state index contributed by atoms with van der Waals surface area (Å²) < 4.78 is 6.77. The molecule has 1 saturated heterocycles. The summed E-state index contributed by atoms with van der Waals surface area (Å²) in [6.07, 6.45) is 3.19. The first-order valence-corrected chi connectivity index (χ1v) is 11.1. The van der Waals surface area contributed by atoms with Gasteiger partial charge in [0.1, 0.15) is 23.5 Å². The molecule has 4 rings (SSSR count).